The fraction of sp³-hybridized carbons (Fsp3) is 0.696. The van der Waals surface area contributed by atoms with Gasteiger partial charge in [-0.1, -0.05) is 30.3 Å². The summed E-state index contributed by atoms with van der Waals surface area (Å²) in [4.78, 5) is 7.16. The maximum atomic E-state index is 4.48. The van der Waals surface area contributed by atoms with E-state index in [1.54, 1.807) is 0 Å². The second-order valence-corrected chi connectivity index (χ2v) is 8.77. The molecule has 4 nitrogen and oxygen atoms in total. The Kier molecular flexibility index (Phi) is 6.33. The van der Waals surface area contributed by atoms with Crippen LogP contribution in [0.4, 0.5) is 0 Å². The third-order valence-electron chi connectivity index (χ3n) is 6.83. The van der Waals surface area contributed by atoms with Crippen LogP contribution in [0.15, 0.2) is 35.3 Å². The molecule has 1 aliphatic heterocycles. The van der Waals surface area contributed by atoms with Crippen molar-refractivity contribution in [2.75, 3.05) is 26.7 Å². The molecule has 27 heavy (non-hydrogen) atoms. The van der Waals surface area contributed by atoms with E-state index < -0.39 is 0 Å². The molecule has 3 fully saturated rings. The van der Waals surface area contributed by atoms with E-state index in [4.69, 9.17) is 0 Å². The molecule has 3 aliphatic rings. The maximum absolute atomic E-state index is 4.48. The number of guanidine groups is 1. The average Bonchev–Trinajstić information content (AvgIpc) is 3.58. The lowest BCUT2D eigenvalue weighted by Gasteiger charge is -2.33. The number of nitrogens with one attached hydrogen (secondary N) is 2. The molecule has 2 N–H and O–H groups in total. The maximum Gasteiger partial charge on any atom is 0.191 e. The SMILES string of the molecule is CN=C(NCC1CCC(c2ccccc2)CC1)NC1CCN(C2CC2)CC1. The Balaban J connectivity index is 1.16. The number of hydrogen-bond donors (Lipinski definition) is 2. The third kappa shape index (κ3) is 5.25. The van der Waals surface area contributed by atoms with E-state index in [1.165, 1.54) is 70.0 Å². The Bertz CT molecular complexity index is 594. The van der Waals surface area contributed by atoms with Gasteiger partial charge in [-0.15, -0.1) is 0 Å². The molecule has 2 saturated carbocycles. The molecule has 4 heteroatoms. The van der Waals surface area contributed by atoms with E-state index in [2.05, 4.69) is 50.9 Å². The minimum Gasteiger partial charge on any atom is -0.356 e. The highest BCUT2D eigenvalue weighted by Crippen LogP contribution is 2.35. The van der Waals surface area contributed by atoms with Gasteiger partial charge in [0.05, 0.1) is 0 Å². The molecule has 1 saturated heterocycles. The smallest absolute Gasteiger partial charge is 0.191 e. The normalized spacial score (nSPS) is 28.1. The molecule has 0 atom stereocenters. The lowest BCUT2D eigenvalue weighted by molar-refractivity contribution is 0.197. The summed E-state index contributed by atoms with van der Waals surface area (Å²) < 4.78 is 0. The Morgan fingerprint density at radius 2 is 1.67 bits per heavy atom. The predicted octanol–water partition coefficient (Wildman–Crippen LogP) is 3.75. The summed E-state index contributed by atoms with van der Waals surface area (Å²) in [5, 5.41) is 7.28. The third-order valence-corrected chi connectivity index (χ3v) is 6.83. The summed E-state index contributed by atoms with van der Waals surface area (Å²) in [5.74, 6) is 2.54. The highest BCUT2D eigenvalue weighted by atomic mass is 15.2. The highest BCUT2D eigenvalue weighted by molar-refractivity contribution is 5.79. The lowest BCUT2D eigenvalue weighted by atomic mass is 9.79. The highest BCUT2D eigenvalue weighted by Gasteiger charge is 2.32. The zero-order chi connectivity index (χ0) is 18.5. The van der Waals surface area contributed by atoms with E-state index in [-0.39, 0.29) is 0 Å². The predicted molar refractivity (Wildman–Crippen MR) is 113 cm³/mol. The van der Waals surface area contributed by atoms with Crippen LogP contribution >= 0.6 is 0 Å². The Hall–Kier alpha value is -1.55. The zero-order valence-electron chi connectivity index (χ0n) is 16.9. The Labute approximate surface area is 164 Å². The molecule has 1 aromatic rings. The summed E-state index contributed by atoms with van der Waals surface area (Å²) in [7, 11) is 1.90. The van der Waals surface area contributed by atoms with Gasteiger partial charge in [-0.3, -0.25) is 4.99 Å². The standard InChI is InChI=1S/C23H36N4/c1-24-23(26-21-13-15-27(16-14-21)22-11-12-22)25-17-18-7-9-20(10-8-18)19-5-3-2-4-6-19/h2-6,18,20-22H,7-17H2,1H3,(H2,24,25,26). The van der Waals surface area contributed by atoms with Gasteiger partial charge in [0.2, 0.25) is 0 Å². The Morgan fingerprint density at radius 3 is 2.30 bits per heavy atom. The van der Waals surface area contributed by atoms with Crippen LogP contribution in [-0.2, 0) is 0 Å². The fourth-order valence-electron chi connectivity index (χ4n) is 4.90. The van der Waals surface area contributed by atoms with Crippen LogP contribution in [0.2, 0.25) is 0 Å². The van der Waals surface area contributed by atoms with Gasteiger partial charge in [0.1, 0.15) is 0 Å². The van der Waals surface area contributed by atoms with Crippen molar-refractivity contribution in [2.45, 2.75) is 69.4 Å². The van der Waals surface area contributed by atoms with Crippen molar-refractivity contribution in [3.63, 3.8) is 0 Å². The van der Waals surface area contributed by atoms with E-state index in [1.807, 2.05) is 7.05 Å². The molecular formula is C23H36N4. The zero-order valence-corrected chi connectivity index (χ0v) is 16.9. The van der Waals surface area contributed by atoms with Crippen molar-refractivity contribution in [1.29, 1.82) is 0 Å². The molecule has 0 unspecified atom stereocenters. The molecule has 0 bridgehead atoms. The van der Waals surface area contributed by atoms with Crippen molar-refractivity contribution in [3.05, 3.63) is 35.9 Å². The first-order valence-electron chi connectivity index (χ1n) is 11.1. The summed E-state index contributed by atoms with van der Waals surface area (Å²) in [6.45, 7) is 3.56. The lowest BCUT2D eigenvalue weighted by Crippen LogP contribution is -2.49. The van der Waals surface area contributed by atoms with E-state index in [9.17, 15) is 0 Å². The summed E-state index contributed by atoms with van der Waals surface area (Å²) in [6.07, 6.45) is 10.6. The van der Waals surface area contributed by atoms with Gasteiger partial charge in [0.25, 0.3) is 0 Å². The van der Waals surface area contributed by atoms with Gasteiger partial charge in [-0.05, 0) is 68.8 Å². The Morgan fingerprint density at radius 1 is 0.963 bits per heavy atom. The van der Waals surface area contributed by atoms with Crippen LogP contribution in [0.5, 0.6) is 0 Å². The van der Waals surface area contributed by atoms with Gasteiger partial charge in [-0.25, -0.2) is 0 Å². The topological polar surface area (TPSA) is 39.7 Å². The number of likely N-dealkylation sites (tertiary alicyclic amines) is 1. The first-order valence-corrected chi connectivity index (χ1v) is 11.1. The van der Waals surface area contributed by atoms with Crippen molar-refractivity contribution < 1.29 is 0 Å². The van der Waals surface area contributed by atoms with Crippen LogP contribution in [0.3, 0.4) is 0 Å². The van der Waals surface area contributed by atoms with Gasteiger partial charge in [0, 0.05) is 38.8 Å². The minimum atomic E-state index is 0.583. The first kappa shape index (κ1) is 18.8. The molecule has 0 amide bonds. The second-order valence-electron chi connectivity index (χ2n) is 8.77. The quantitative estimate of drug-likeness (QED) is 0.614. The van der Waals surface area contributed by atoms with Gasteiger partial charge < -0.3 is 15.5 Å². The van der Waals surface area contributed by atoms with Crippen LogP contribution in [0.1, 0.15) is 62.8 Å². The number of aliphatic imine (C=N–C) groups is 1. The molecule has 0 aromatic heterocycles. The molecule has 1 heterocycles. The van der Waals surface area contributed by atoms with E-state index >= 15 is 0 Å². The van der Waals surface area contributed by atoms with Gasteiger partial charge >= 0.3 is 0 Å². The minimum absolute atomic E-state index is 0.583. The van der Waals surface area contributed by atoms with Crippen molar-refractivity contribution >= 4 is 5.96 Å². The summed E-state index contributed by atoms with van der Waals surface area (Å²) in [5.41, 5.74) is 1.53. The number of piperidine rings is 1. The van der Waals surface area contributed by atoms with Crippen LogP contribution in [-0.4, -0.2) is 49.6 Å². The molecule has 1 aromatic carbocycles. The number of nitrogens with zero attached hydrogens (tertiary/aromatic N) is 2. The second kappa shape index (κ2) is 9.09. The van der Waals surface area contributed by atoms with Crippen LogP contribution < -0.4 is 10.6 Å². The number of hydrogen-bond acceptors (Lipinski definition) is 2. The fourth-order valence-corrected chi connectivity index (χ4v) is 4.90. The van der Waals surface area contributed by atoms with Crippen LogP contribution in [0.25, 0.3) is 0 Å². The molecule has 2 aliphatic carbocycles. The summed E-state index contributed by atoms with van der Waals surface area (Å²) in [6, 6.07) is 12.6. The largest absolute Gasteiger partial charge is 0.356 e. The summed E-state index contributed by atoms with van der Waals surface area (Å²) >= 11 is 0. The molecule has 4 rings (SSSR count). The van der Waals surface area contributed by atoms with E-state index in [0.717, 1.165) is 30.4 Å². The molecule has 0 spiro atoms. The van der Waals surface area contributed by atoms with Gasteiger partial charge in [-0.2, -0.15) is 0 Å². The molecular weight excluding hydrogens is 332 g/mol. The van der Waals surface area contributed by atoms with Crippen molar-refractivity contribution in [3.8, 4) is 0 Å². The number of benzene rings is 1. The van der Waals surface area contributed by atoms with Gasteiger partial charge in [0.15, 0.2) is 5.96 Å². The van der Waals surface area contributed by atoms with Crippen molar-refractivity contribution in [1.82, 2.24) is 15.5 Å². The number of rotatable bonds is 5. The molecule has 0 radical (unpaired) electrons. The van der Waals surface area contributed by atoms with Crippen molar-refractivity contribution in [2.24, 2.45) is 10.9 Å². The first-order chi connectivity index (χ1) is 13.3. The average molecular weight is 369 g/mol. The van der Waals surface area contributed by atoms with Crippen LogP contribution in [0, 0.1) is 5.92 Å². The van der Waals surface area contributed by atoms with E-state index in [0.29, 0.717) is 6.04 Å². The monoisotopic (exact) mass is 368 g/mol. The molecule has 148 valence electrons.